The van der Waals surface area contributed by atoms with Gasteiger partial charge in [0.1, 0.15) is 0 Å². The first kappa shape index (κ1) is 15.9. The summed E-state index contributed by atoms with van der Waals surface area (Å²) in [6.45, 7) is 5.77. The third-order valence-electron chi connectivity index (χ3n) is 3.35. The summed E-state index contributed by atoms with van der Waals surface area (Å²) in [5.41, 5.74) is 3.14. The van der Waals surface area contributed by atoms with Gasteiger partial charge in [0.05, 0.1) is 5.52 Å². The SMILES string of the molecule is [CH2-]c1nc(-n2ccc3ccccc32)nc(C)c1C[C-]=O.[Y]. The van der Waals surface area contributed by atoms with Crippen molar-refractivity contribution in [2.75, 3.05) is 0 Å². The second kappa shape index (κ2) is 6.50. The molecule has 0 spiro atoms. The van der Waals surface area contributed by atoms with Gasteiger partial charge in [0.25, 0.3) is 0 Å². The molecule has 4 nitrogen and oxygen atoms in total. The Balaban J connectivity index is 0.00000161. The first-order chi connectivity index (χ1) is 9.70. The molecule has 0 amide bonds. The molecule has 0 fully saturated rings. The number of carbonyl (C=O) groups excluding carboxylic acids is 1. The van der Waals surface area contributed by atoms with Gasteiger partial charge in [-0.25, -0.2) is 11.9 Å². The number of aromatic nitrogens is 3. The molecule has 0 N–H and O–H groups in total. The zero-order valence-electron chi connectivity index (χ0n) is 11.7. The van der Waals surface area contributed by atoms with Crippen LogP contribution in [0.2, 0.25) is 0 Å². The topological polar surface area (TPSA) is 47.8 Å². The minimum atomic E-state index is 0. The van der Waals surface area contributed by atoms with Crippen molar-refractivity contribution in [1.82, 2.24) is 14.5 Å². The Morgan fingerprint density at radius 1 is 1.24 bits per heavy atom. The summed E-state index contributed by atoms with van der Waals surface area (Å²) in [6, 6.07) is 10.1. The molecule has 0 saturated carbocycles. The summed E-state index contributed by atoms with van der Waals surface area (Å²) in [6.07, 6.45) is 3.99. The smallest absolute Gasteiger partial charge is 0.230 e. The van der Waals surface area contributed by atoms with E-state index in [2.05, 4.69) is 16.9 Å². The third kappa shape index (κ3) is 2.92. The molecule has 0 aliphatic heterocycles. The molecule has 0 aliphatic rings. The maximum Gasteiger partial charge on any atom is 0.230 e. The van der Waals surface area contributed by atoms with Crippen molar-refractivity contribution in [2.24, 2.45) is 0 Å². The van der Waals surface area contributed by atoms with E-state index >= 15 is 0 Å². The third-order valence-corrected chi connectivity index (χ3v) is 3.35. The average molecular weight is 352 g/mol. The standard InChI is InChI=1S/C16H13N3O.Y/c1-11-14(8-10-20)12(2)18-16(17-11)19-9-7-13-5-3-4-6-15(13)19;/h3-7,9H,1,8H2,2H3;/q-2;. The minimum absolute atomic E-state index is 0. The van der Waals surface area contributed by atoms with Gasteiger partial charge in [-0.05, 0) is 24.8 Å². The molecule has 3 rings (SSSR count). The fourth-order valence-corrected chi connectivity index (χ4v) is 2.31. The van der Waals surface area contributed by atoms with E-state index in [0.29, 0.717) is 11.6 Å². The van der Waals surface area contributed by atoms with Crippen molar-refractivity contribution in [3.63, 3.8) is 0 Å². The van der Waals surface area contributed by atoms with Crippen molar-refractivity contribution in [3.05, 3.63) is 60.4 Å². The molecule has 0 aliphatic carbocycles. The maximum absolute atomic E-state index is 10.6. The molecule has 21 heavy (non-hydrogen) atoms. The normalized spacial score (nSPS) is 10.3. The summed E-state index contributed by atoms with van der Waals surface area (Å²) in [4.78, 5) is 19.4. The monoisotopic (exact) mass is 352 g/mol. The van der Waals surface area contributed by atoms with Crippen LogP contribution in [0.3, 0.4) is 0 Å². The summed E-state index contributed by atoms with van der Waals surface area (Å²) in [7, 11) is 0. The Kier molecular flexibility index (Phi) is 4.91. The predicted molar refractivity (Wildman–Crippen MR) is 77.5 cm³/mol. The van der Waals surface area contributed by atoms with Gasteiger partial charge in [0.2, 0.25) is 5.95 Å². The Morgan fingerprint density at radius 3 is 2.71 bits per heavy atom. The van der Waals surface area contributed by atoms with Crippen LogP contribution in [0.1, 0.15) is 17.0 Å². The minimum Gasteiger partial charge on any atom is -0.543 e. The number of nitrogens with zero attached hydrogens (tertiary/aromatic N) is 3. The zero-order valence-corrected chi connectivity index (χ0v) is 14.5. The number of hydrogen-bond donors (Lipinski definition) is 0. The van der Waals surface area contributed by atoms with Gasteiger partial charge in [0, 0.05) is 44.3 Å². The van der Waals surface area contributed by atoms with E-state index in [-0.39, 0.29) is 39.1 Å². The fraction of sp³-hybridized carbons (Fsp3) is 0.125. The van der Waals surface area contributed by atoms with Gasteiger partial charge in [-0.3, -0.25) is 15.8 Å². The molecule has 0 unspecified atom stereocenters. The van der Waals surface area contributed by atoms with E-state index in [4.69, 9.17) is 0 Å². The van der Waals surface area contributed by atoms with Crippen LogP contribution in [0.5, 0.6) is 0 Å². The molecular weight excluding hydrogens is 339 g/mol. The molecule has 103 valence electrons. The van der Waals surface area contributed by atoms with Crippen LogP contribution in [0.15, 0.2) is 36.5 Å². The van der Waals surface area contributed by atoms with Crippen LogP contribution in [0, 0.1) is 13.8 Å². The number of para-hydroxylation sites is 1. The Labute approximate surface area is 148 Å². The van der Waals surface area contributed by atoms with Gasteiger partial charge < -0.3 is 4.79 Å². The van der Waals surface area contributed by atoms with Crippen LogP contribution in [-0.2, 0) is 43.9 Å². The summed E-state index contributed by atoms with van der Waals surface area (Å²) < 4.78 is 1.92. The van der Waals surface area contributed by atoms with Gasteiger partial charge in [-0.15, -0.1) is 0 Å². The molecule has 3 aromatic rings. The Bertz CT molecular complexity index is 772. The van der Waals surface area contributed by atoms with Crippen LogP contribution in [-0.4, -0.2) is 20.8 Å². The zero-order chi connectivity index (χ0) is 14.1. The number of rotatable bonds is 3. The molecule has 2 heterocycles. The van der Waals surface area contributed by atoms with Crippen molar-refractivity contribution >= 4 is 17.2 Å². The second-order valence-corrected chi connectivity index (χ2v) is 4.60. The van der Waals surface area contributed by atoms with E-state index in [0.717, 1.165) is 22.2 Å². The molecule has 5 heteroatoms. The van der Waals surface area contributed by atoms with E-state index in [1.54, 1.807) is 0 Å². The maximum atomic E-state index is 10.6. The molecule has 1 aromatic carbocycles. The van der Waals surface area contributed by atoms with Crippen LogP contribution < -0.4 is 0 Å². The molecule has 0 bridgehead atoms. The molecule has 0 saturated heterocycles. The van der Waals surface area contributed by atoms with Gasteiger partial charge in [-0.1, -0.05) is 23.9 Å². The largest absolute Gasteiger partial charge is 0.543 e. The van der Waals surface area contributed by atoms with E-state index in [1.165, 1.54) is 0 Å². The molecule has 1 radical (unpaired) electrons. The van der Waals surface area contributed by atoms with Crippen molar-refractivity contribution in [1.29, 1.82) is 0 Å². The molecular formula is C16H13N3OY-2. The van der Waals surface area contributed by atoms with Crippen molar-refractivity contribution in [2.45, 2.75) is 13.3 Å². The van der Waals surface area contributed by atoms with Gasteiger partial charge >= 0.3 is 0 Å². The fourth-order valence-electron chi connectivity index (χ4n) is 2.31. The number of hydrogen-bond acceptors (Lipinski definition) is 3. The first-order valence-corrected chi connectivity index (χ1v) is 6.31. The number of aryl methyl sites for hydroxylation is 1. The summed E-state index contributed by atoms with van der Waals surface area (Å²) in [5.74, 6) is 0.573. The van der Waals surface area contributed by atoms with Crippen molar-refractivity contribution in [3.8, 4) is 5.95 Å². The second-order valence-electron chi connectivity index (χ2n) is 4.60. The summed E-state index contributed by atoms with van der Waals surface area (Å²) >= 11 is 0. The van der Waals surface area contributed by atoms with E-state index in [9.17, 15) is 4.79 Å². The quantitative estimate of drug-likeness (QED) is 0.681. The van der Waals surface area contributed by atoms with Gasteiger partial charge in [-0.2, -0.15) is 12.0 Å². The molecule has 0 atom stereocenters. The molecule has 2 aromatic heterocycles. The van der Waals surface area contributed by atoms with Crippen LogP contribution >= 0.6 is 0 Å². The predicted octanol–water partition coefficient (Wildman–Crippen LogP) is 2.56. The first-order valence-electron chi connectivity index (χ1n) is 6.31. The van der Waals surface area contributed by atoms with E-state index in [1.807, 2.05) is 54.3 Å². The van der Waals surface area contributed by atoms with Crippen LogP contribution in [0.4, 0.5) is 0 Å². The van der Waals surface area contributed by atoms with Crippen molar-refractivity contribution < 1.29 is 37.5 Å². The Morgan fingerprint density at radius 2 is 2.00 bits per heavy atom. The summed E-state index contributed by atoms with van der Waals surface area (Å²) in [5, 5.41) is 1.13. The average Bonchev–Trinajstić information content (AvgIpc) is 2.86. The van der Waals surface area contributed by atoms with E-state index < -0.39 is 0 Å². The Hall–Kier alpha value is -1.52. The van der Waals surface area contributed by atoms with Gasteiger partial charge in [0.15, 0.2) is 0 Å². The van der Waals surface area contributed by atoms with Crippen LogP contribution in [0.25, 0.3) is 16.9 Å². The number of fused-ring (bicyclic) bond motifs is 1. The number of benzene rings is 1.